The molecule has 186 valence electrons. The van der Waals surface area contributed by atoms with Gasteiger partial charge in [0.1, 0.15) is 17.4 Å². The van der Waals surface area contributed by atoms with Crippen molar-refractivity contribution in [1.29, 1.82) is 0 Å². The number of carbonyl (C=O) groups excluding carboxylic acids is 2. The third kappa shape index (κ3) is 4.13. The van der Waals surface area contributed by atoms with E-state index in [1.54, 1.807) is 0 Å². The van der Waals surface area contributed by atoms with Gasteiger partial charge in [0.15, 0.2) is 11.5 Å². The Morgan fingerprint density at radius 3 is 2.14 bits per heavy atom. The maximum Gasteiger partial charge on any atom is 0.300 e. The summed E-state index contributed by atoms with van der Waals surface area (Å²) >= 11 is 0. The number of hydrogen-bond acceptors (Lipinski definition) is 6. The Hall–Kier alpha value is -4.40. The van der Waals surface area contributed by atoms with E-state index in [0.717, 1.165) is 17.0 Å². The van der Waals surface area contributed by atoms with E-state index in [1.807, 2.05) is 0 Å². The zero-order valence-electron chi connectivity index (χ0n) is 20.0. The molecule has 1 fully saturated rings. The predicted molar refractivity (Wildman–Crippen MR) is 128 cm³/mol. The number of rotatable bonds is 6. The van der Waals surface area contributed by atoms with Crippen molar-refractivity contribution >= 4 is 23.1 Å². The van der Waals surface area contributed by atoms with Crippen LogP contribution in [0.5, 0.6) is 17.2 Å². The maximum atomic E-state index is 14.1. The second kappa shape index (κ2) is 9.69. The molecule has 0 bridgehead atoms. The molecule has 4 rings (SSSR count). The first-order valence-corrected chi connectivity index (χ1v) is 10.8. The Labute approximate surface area is 206 Å². The van der Waals surface area contributed by atoms with E-state index in [0.29, 0.717) is 5.56 Å². The molecule has 1 saturated heterocycles. The van der Waals surface area contributed by atoms with Gasteiger partial charge in [0, 0.05) is 11.3 Å². The summed E-state index contributed by atoms with van der Waals surface area (Å²) in [5.74, 6) is -2.81. The van der Waals surface area contributed by atoms with Crippen LogP contribution in [-0.2, 0) is 9.59 Å². The van der Waals surface area contributed by atoms with Crippen molar-refractivity contribution in [1.82, 2.24) is 0 Å². The van der Waals surface area contributed by atoms with Gasteiger partial charge in [0.2, 0.25) is 5.75 Å². The van der Waals surface area contributed by atoms with E-state index in [9.17, 15) is 23.5 Å². The smallest absolute Gasteiger partial charge is 0.300 e. The molecule has 1 heterocycles. The van der Waals surface area contributed by atoms with Crippen LogP contribution in [0.2, 0.25) is 0 Å². The number of aliphatic hydroxyl groups excluding tert-OH is 1. The number of aliphatic hydroxyl groups is 1. The maximum absolute atomic E-state index is 14.1. The molecule has 36 heavy (non-hydrogen) atoms. The largest absolute Gasteiger partial charge is 0.507 e. The Morgan fingerprint density at radius 2 is 1.58 bits per heavy atom. The number of ether oxygens (including phenoxy) is 3. The quantitative estimate of drug-likeness (QED) is 0.297. The molecule has 1 unspecified atom stereocenters. The van der Waals surface area contributed by atoms with Gasteiger partial charge in [0.25, 0.3) is 11.7 Å². The Kier molecular flexibility index (Phi) is 6.65. The Bertz CT molecular complexity index is 1380. The van der Waals surface area contributed by atoms with Crippen LogP contribution in [0.3, 0.4) is 0 Å². The monoisotopic (exact) mass is 495 g/mol. The number of aryl methyl sites for hydroxylation is 1. The fraction of sp³-hybridized carbons (Fsp3) is 0.185. The highest BCUT2D eigenvalue weighted by molar-refractivity contribution is 6.51. The van der Waals surface area contributed by atoms with Crippen molar-refractivity contribution in [2.75, 3.05) is 26.2 Å². The molecule has 0 spiro atoms. The molecule has 0 radical (unpaired) electrons. The Balaban J connectivity index is 2.03. The van der Waals surface area contributed by atoms with Crippen molar-refractivity contribution in [3.8, 4) is 17.2 Å². The molecule has 0 aliphatic carbocycles. The highest BCUT2D eigenvalue weighted by Gasteiger charge is 2.47. The van der Waals surface area contributed by atoms with E-state index in [1.165, 1.54) is 70.7 Å². The van der Waals surface area contributed by atoms with E-state index in [4.69, 9.17) is 14.2 Å². The first-order valence-electron chi connectivity index (χ1n) is 10.8. The lowest BCUT2D eigenvalue weighted by Crippen LogP contribution is -2.29. The highest BCUT2D eigenvalue weighted by atomic mass is 19.1. The van der Waals surface area contributed by atoms with Crippen molar-refractivity contribution in [2.45, 2.75) is 13.0 Å². The van der Waals surface area contributed by atoms with Crippen molar-refractivity contribution in [3.05, 3.63) is 88.5 Å². The van der Waals surface area contributed by atoms with Gasteiger partial charge in [-0.3, -0.25) is 14.5 Å². The van der Waals surface area contributed by atoms with Gasteiger partial charge >= 0.3 is 0 Å². The molecule has 1 amide bonds. The highest BCUT2D eigenvalue weighted by Crippen LogP contribution is 2.47. The van der Waals surface area contributed by atoms with Crippen LogP contribution in [0.4, 0.5) is 14.5 Å². The molecule has 1 N–H and O–H groups in total. The van der Waals surface area contributed by atoms with E-state index in [-0.39, 0.29) is 39.6 Å². The first-order chi connectivity index (χ1) is 17.2. The molecule has 1 atom stereocenters. The minimum atomic E-state index is -1.19. The van der Waals surface area contributed by atoms with Crippen LogP contribution in [-0.4, -0.2) is 38.1 Å². The summed E-state index contributed by atoms with van der Waals surface area (Å²) in [4.78, 5) is 27.6. The molecule has 1 aliphatic heterocycles. The third-order valence-electron chi connectivity index (χ3n) is 5.96. The van der Waals surface area contributed by atoms with Gasteiger partial charge in [0.05, 0.1) is 32.9 Å². The summed E-state index contributed by atoms with van der Waals surface area (Å²) in [6.07, 6.45) is 0. The summed E-state index contributed by atoms with van der Waals surface area (Å²) in [6, 6.07) is 10.9. The number of amides is 1. The number of halogens is 2. The second-order valence-electron chi connectivity index (χ2n) is 8.07. The van der Waals surface area contributed by atoms with Gasteiger partial charge in [-0.05, 0) is 66.6 Å². The number of Topliss-reactive ketones (excluding diaryl/α,β-unsaturated/α-hetero) is 1. The first kappa shape index (κ1) is 24.7. The molecular weight excluding hydrogens is 472 g/mol. The number of anilines is 1. The Morgan fingerprint density at radius 1 is 0.917 bits per heavy atom. The van der Waals surface area contributed by atoms with Crippen LogP contribution in [0.15, 0.2) is 60.2 Å². The standard InChI is InChI=1S/C27H23F2NO6/c1-14-10-15(8-9-19(14)29)24(31)22-23(16-11-20(34-2)26(36-4)21(12-16)35-3)30(27(33)25(22)32)18-7-5-6-17(28)13-18/h5-13,23,31H,1-4H3/b24-22+. The van der Waals surface area contributed by atoms with Gasteiger partial charge in [-0.25, -0.2) is 8.78 Å². The molecule has 3 aromatic carbocycles. The third-order valence-corrected chi connectivity index (χ3v) is 5.96. The number of carbonyl (C=O) groups is 2. The number of benzene rings is 3. The fourth-order valence-corrected chi connectivity index (χ4v) is 4.25. The van der Waals surface area contributed by atoms with Gasteiger partial charge < -0.3 is 19.3 Å². The molecular formula is C27H23F2NO6. The predicted octanol–water partition coefficient (Wildman–Crippen LogP) is 4.93. The zero-order chi connectivity index (χ0) is 26.1. The van der Waals surface area contributed by atoms with Crippen LogP contribution in [0, 0.1) is 18.6 Å². The molecule has 0 saturated carbocycles. The van der Waals surface area contributed by atoms with Crippen molar-refractivity contribution in [3.63, 3.8) is 0 Å². The van der Waals surface area contributed by atoms with Crippen LogP contribution in [0.1, 0.15) is 22.7 Å². The summed E-state index contributed by atoms with van der Waals surface area (Å²) < 4.78 is 44.2. The minimum Gasteiger partial charge on any atom is -0.507 e. The van der Waals surface area contributed by atoms with E-state index < -0.39 is 35.1 Å². The van der Waals surface area contributed by atoms with Gasteiger partial charge in [-0.15, -0.1) is 0 Å². The van der Waals surface area contributed by atoms with Gasteiger partial charge in [-0.1, -0.05) is 6.07 Å². The number of methoxy groups -OCH3 is 3. The number of hydrogen-bond donors (Lipinski definition) is 1. The number of ketones is 1. The van der Waals surface area contributed by atoms with Crippen molar-refractivity contribution in [2.24, 2.45) is 0 Å². The lowest BCUT2D eigenvalue weighted by molar-refractivity contribution is -0.132. The minimum absolute atomic E-state index is 0.102. The molecule has 1 aliphatic rings. The fourth-order valence-electron chi connectivity index (χ4n) is 4.25. The molecule has 0 aromatic heterocycles. The van der Waals surface area contributed by atoms with Gasteiger partial charge in [-0.2, -0.15) is 0 Å². The number of nitrogens with zero attached hydrogens (tertiary/aromatic N) is 1. The normalized spacial score (nSPS) is 16.8. The average molecular weight is 495 g/mol. The zero-order valence-corrected chi connectivity index (χ0v) is 20.0. The average Bonchev–Trinajstić information content (AvgIpc) is 3.14. The molecule has 7 nitrogen and oxygen atoms in total. The van der Waals surface area contributed by atoms with E-state index in [2.05, 4.69) is 0 Å². The molecule has 3 aromatic rings. The lowest BCUT2D eigenvalue weighted by atomic mass is 9.94. The van der Waals surface area contributed by atoms with E-state index >= 15 is 0 Å². The van der Waals surface area contributed by atoms with Crippen LogP contribution < -0.4 is 19.1 Å². The van der Waals surface area contributed by atoms with Crippen molar-refractivity contribution < 1.29 is 37.7 Å². The topological polar surface area (TPSA) is 85.3 Å². The van der Waals surface area contributed by atoms with Crippen LogP contribution in [0.25, 0.3) is 5.76 Å². The summed E-state index contributed by atoms with van der Waals surface area (Å²) in [5, 5.41) is 11.2. The second-order valence-corrected chi connectivity index (χ2v) is 8.07. The van der Waals surface area contributed by atoms with Crippen LogP contribution >= 0.6 is 0 Å². The summed E-state index contributed by atoms with van der Waals surface area (Å²) in [6.45, 7) is 1.51. The summed E-state index contributed by atoms with van der Waals surface area (Å²) in [7, 11) is 4.24. The lowest BCUT2D eigenvalue weighted by Gasteiger charge is -2.26. The SMILES string of the molecule is COc1cc(C2/C(=C(\O)c3ccc(F)c(C)c3)C(=O)C(=O)N2c2cccc(F)c2)cc(OC)c1OC. The molecule has 9 heteroatoms. The summed E-state index contributed by atoms with van der Waals surface area (Å²) in [5.41, 5.74) is 0.550.